The molecule has 120 valence electrons. The molecule has 1 amide bonds. The quantitative estimate of drug-likeness (QED) is 0.819. The number of benzene rings is 1. The third kappa shape index (κ3) is 4.29. The van der Waals surface area contributed by atoms with E-state index in [2.05, 4.69) is 4.74 Å². The third-order valence-corrected chi connectivity index (χ3v) is 3.77. The summed E-state index contributed by atoms with van der Waals surface area (Å²) in [6, 6.07) is 7.13. The predicted molar refractivity (Wildman–Crippen MR) is 81.2 cm³/mol. The summed E-state index contributed by atoms with van der Waals surface area (Å²) in [6.45, 7) is 1.85. The molecule has 1 heterocycles. The van der Waals surface area contributed by atoms with Gasteiger partial charge in [-0.15, -0.1) is 0 Å². The summed E-state index contributed by atoms with van der Waals surface area (Å²) in [5.41, 5.74) is 6.89. The monoisotopic (exact) mass is 306 g/mol. The van der Waals surface area contributed by atoms with E-state index in [1.165, 1.54) is 7.11 Å². The van der Waals surface area contributed by atoms with E-state index in [1.54, 1.807) is 17.0 Å². The van der Waals surface area contributed by atoms with Gasteiger partial charge in [0.05, 0.1) is 31.9 Å². The summed E-state index contributed by atoms with van der Waals surface area (Å²) in [6.07, 6.45) is 1.90. The summed E-state index contributed by atoms with van der Waals surface area (Å²) in [4.78, 5) is 24.7. The van der Waals surface area contributed by atoms with E-state index in [0.29, 0.717) is 18.7 Å². The minimum Gasteiger partial charge on any atom is -0.465 e. The first-order valence-electron chi connectivity index (χ1n) is 7.40. The molecule has 6 heteroatoms. The van der Waals surface area contributed by atoms with Gasteiger partial charge in [0.1, 0.15) is 0 Å². The number of hydrogen-bond donors (Lipinski definition) is 1. The molecule has 0 radical (unpaired) electrons. The van der Waals surface area contributed by atoms with Gasteiger partial charge in [-0.3, -0.25) is 4.79 Å². The van der Waals surface area contributed by atoms with E-state index in [0.717, 1.165) is 24.9 Å². The van der Waals surface area contributed by atoms with E-state index in [1.807, 2.05) is 12.1 Å². The van der Waals surface area contributed by atoms with Crippen LogP contribution in [0.5, 0.6) is 0 Å². The van der Waals surface area contributed by atoms with Gasteiger partial charge in [0.15, 0.2) is 0 Å². The summed E-state index contributed by atoms with van der Waals surface area (Å²) in [5.74, 6) is -0.383. The van der Waals surface area contributed by atoms with Crippen LogP contribution in [0.2, 0.25) is 0 Å². The Morgan fingerprint density at radius 3 is 2.68 bits per heavy atom. The Bertz CT molecular complexity index is 515. The first kappa shape index (κ1) is 16.5. The molecule has 1 aromatic carbocycles. The molecule has 0 bridgehead atoms. The maximum absolute atomic E-state index is 11.6. The molecule has 1 aliphatic heterocycles. The first-order chi connectivity index (χ1) is 10.6. The van der Waals surface area contributed by atoms with Gasteiger partial charge >= 0.3 is 5.97 Å². The second-order valence-electron chi connectivity index (χ2n) is 5.31. The van der Waals surface area contributed by atoms with Gasteiger partial charge in [0, 0.05) is 13.1 Å². The summed E-state index contributed by atoms with van der Waals surface area (Å²) in [5, 5.41) is 0. The number of carbonyl (C=O) groups excluding carboxylic acids is 2. The van der Waals surface area contributed by atoms with Gasteiger partial charge in [-0.05, 0) is 30.5 Å². The van der Waals surface area contributed by atoms with Crippen LogP contribution in [-0.4, -0.2) is 49.6 Å². The van der Waals surface area contributed by atoms with Crippen molar-refractivity contribution >= 4 is 11.9 Å². The molecular weight excluding hydrogens is 284 g/mol. The van der Waals surface area contributed by atoms with Crippen molar-refractivity contribution in [3.8, 4) is 0 Å². The Kier molecular flexibility index (Phi) is 5.91. The molecule has 1 aliphatic rings. The number of nitrogens with zero attached hydrogens (tertiary/aromatic N) is 1. The van der Waals surface area contributed by atoms with Crippen molar-refractivity contribution in [3.05, 3.63) is 35.4 Å². The predicted octanol–water partition coefficient (Wildman–Crippen LogP) is 0.940. The topological polar surface area (TPSA) is 81.9 Å². The average molecular weight is 306 g/mol. The number of carbonyl (C=O) groups is 2. The lowest BCUT2D eigenvalue weighted by atomic mass is 10.1. The Morgan fingerprint density at radius 2 is 2.05 bits per heavy atom. The fraction of sp³-hybridized carbons (Fsp3) is 0.500. The number of hydrogen-bond acceptors (Lipinski definition) is 5. The van der Waals surface area contributed by atoms with Gasteiger partial charge in [-0.1, -0.05) is 12.1 Å². The van der Waals surface area contributed by atoms with Crippen LogP contribution < -0.4 is 5.73 Å². The zero-order valence-electron chi connectivity index (χ0n) is 12.8. The maximum atomic E-state index is 11.6. The molecule has 1 fully saturated rings. The minimum absolute atomic E-state index is 0.0317. The first-order valence-corrected chi connectivity index (χ1v) is 7.40. The molecule has 0 spiro atoms. The van der Waals surface area contributed by atoms with E-state index in [9.17, 15) is 9.59 Å². The van der Waals surface area contributed by atoms with E-state index >= 15 is 0 Å². The second kappa shape index (κ2) is 7.91. The van der Waals surface area contributed by atoms with Crippen LogP contribution in [0, 0.1) is 0 Å². The fourth-order valence-electron chi connectivity index (χ4n) is 2.50. The number of esters is 1. The van der Waals surface area contributed by atoms with Crippen molar-refractivity contribution < 1.29 is 19.1 Å². The molecule has 0 aliphatic carbocycles. The highest BCUT2D eigenvalue weighted by molar-refractivity contribution is 5.89. The standard InChI is InChI=1S/C16H22N2O4/c1-21-16(20)13-6-4-12(5-7-13)11-22-14-3-2-8-18(10-14)15(19)9-17/h4-7,14H,2-3,8-11,17H2,1H3. The lowest BCUT2D eigenvalue weighted by molar-refractivity contribution is -0.134. The number of ether oxygens (including phenoxy) is 2. The molecule has 1 unspecified atom stereocenters. The zero-order valence-corrected chi connectivity index (χ0v) is 12.8. The Morgan fingerprint density at radius 1 is 1.32 bits per heavy atom. The van der Waals surface area contributed by atoms with Crippen molar-refractivity contribution in [1.29, 1.82) is 0 Å². The number of likely N-dealkylation sites (tertiary alicyclic amines) is 1. The SMILES string of the molecule is COC(=O)c1ccc(COC2CCCN(C(=O)CN)C2)cc1. The molecular formula is C16H22N2O4. The smallest absolute Gasteiger partial charge is 0.337 e. The Labute approximate surface area is 130 Å². The van der Waals surface area contributed by atoms with E-state index in [-0.39, 0.29) is 24.5 Å². The van der Waals surface area contributed by atoms with Crippen LogP contribution in [0.25, 0.3) is 0 Å². The average Bonchev–Trinajstić information content (AvgIpc) is 2.59. The fourth-order valence-corrected chi connectivity index (χ4v) is 2.50. The zero-order chi connectivity index (χ0) is 15.9. The highest BCUT2D eigenvalue weighted by Gasteiger charge is 2.23. The van der Waals surface area contributed by atoms with Crippen molar-refractivity contribution in [2.24, 2.45) is 5.73 Å². The van der Waals surface area contributed by atoms with Crippen LogP contribution in [0.1, 0.15) is 28.8 Å². The van der Waals surface area contributed by atoms with Crippen molar-refractivity contribution in [2.75, 3.05) is 26.7 Å². The van der Waals surface area contributed by atoms with Gasteiger partial charge in [0.2, 0.25) is 5.91 Å². The lowest BCUT2D eigenvalue weighted by Crippen LogP contribution is -2.45. The Hall–Kier alpha value is -1.92. The number of rotatable bonds is 5. The molecule has 6 nitrogen and oxygen atoms in total. The number of methoxy groups -OCH3 is 1. The van der Waals surface area contributed by atoms with Crippen LogP contribution in [0.15, 0.2) is 24.3 Å². The highest BCUT2D eigenvalue weighted by atomic mass is 16.5. The van der Waals surface area contributed by atoms with Crippen molar-refractivity contribution in [2.45, 2.75) is 25.6 Å². The molecule has 1 aromatic rings. The van der Waals surface area contributed by atoms with Gasteiger partial charge in [-0.25, -0.2) is 4.79 Å². The normalized spacial score (nSPS) is 18.1. The Balaban J connectivity index is 1.84. The molecule has 1 saturated heterocycles. The molecule has 2 N–H and O–H groups in total. The van der Waals surface area contributed by atoms with Gasteiger partial charge in [0.25, 0.3) is 0 Å². The van der Waals surface area contributed by atoms with Crippen molar-refractivity contribution in [1.82, 2.24) is 4.90 Å². The molecule has 1 atom stereocenters. The van der Waals surface area contributed by atoms with Gasteiger partial charge in [-0.2, -0.15) is 0 Å². The largest absolute Gasteiger partial charge is 0.465 e. The summed E-state index contributed by atoms with van der Waals surface area (Å²) >= 11 is 0. The minimum atomic E-state index is -0.351. The van der Waals surface area contributed by atoms with E-state index < -0.39 is 0 Å². The van der Waals surface area contributed by atoms with Crippen molar-refractivity contribution in [3.63, 3.8) is 0 Å². The second-order valence-corrected chi connectivity index (χ2v) is 5.31. The number of amides is 1. The lowest BCUT2D eigenvalue weighted by Gasteiger charge is -2.32. The van der Waals surface area contributed by atoms with Crippen LogP contribution >= 0.6 is 0 Å². The number of piperidine rings is 1. The maximum Gasteiger partial charge on any atom is 0.337 e. The van der Waals surface area contributed by atoms with Crippen LogP contribution in [0.3, 0.4) is 0 Å². The molecule has 0 saturated carbocycles. The van der Waals surface area contributed by atoms with Crippen LogP contribution in [0.4, 0.5) is 0 Å². The molecule has 22 heavy (non-hydrogen) atoms. The molecule has 0 aromatic heterocycles. The third-order valence-electron chi connectivity index (χ3n) is 3.77. The van der Waals surface area contributed by atoms with E-state index in [4.69, 9.17) is 10.5 Å². The highest BCUT2D eigenvalue weighted by Crippen LogP contribution is 2.15. The van der Waals surface area contributed by atoms with Gasteiger partial charge < -0.3 is 20.1 Å². The molecule has 2 rings (SSSR count). The van der Waals surface area contributed by atoms with Crippen LogP contribution in [-0.2, 0) is 20.9 Å². The summed E-state index contributed by atoms with van der Waals surface area (Å²) in [7, 11) is 1.36. The summed E-state index contributed by atoms with van der Waals surface area (Å²) < 4.78 is 10.5. The number of nitrogens with two attached hydrogens (primary N) is 1.